The van der Waals surface area contributed by atoms with Gasteiger partial charge in [-0.05, 0) is 25.2 Å². The minimum absolute atomic E-state index is 0. The fraction of sp³-hybridized carbons (Fsp3) is 0.500. The van der Waals surface area contributed by atoms with Crippen molar-refractivity contribution in [3.05, 3.63) is 24.6 Å². The number of rotatable bonds is 4. The predicted molar refractivity (Wildman–Crippen MR) is 57.8 cm³/mol. The summed E-state index contributed by atoms with van der Waals surface area (Å²) in [6, 6.07) is 0. The molecule has 1 rings (SSSR count). The van der Waals surface area contributed by atoms with Gasteiger partial charge in [0.2, 0.25) is 0 Å². The Balaban J connectivity index is 0.00000169. The monoisotopic (exact) mass is 227 g/mol. The summed E-state index contributed by atoms with van der Waals surface area (Å²) in [5.41, 5.74) is 0. The first-order valence-electron chi connectivity index (χ1n) is 4.12. The number of nitrogens with zero attached hydrogens (tertiary/aromatic N) is 1. The SMILES string of the molecule is O=S(=O)(O)CCCN1C=CCC=C1.[NaH]. The Labute approximate surface area is 107 Å². The number of hydrogen-bond donors (Lipinski definition) is 1. The van der Waals surface area contributed by atoms with E-state index in [-0.39, 0.29) is 35.3 Å². The molecule has 76 valence electrons. The molecule has 0 aromatic rings. The molecule has 0 atom stereocenters. The van der Waals surface area contributed by atoms with Crippen LogP contribution in [0.3, 0.4) is 0 Å². The van der Waals surface area contributed by atoms with E-state index in [1.165, 1.54) is 0 Å². The van der Waals surface area contributed by atoms with Gasteiger partial charge in [0.25, 0.3) is 10.1 Å². The van der Waals surface area contributed by atoms with Crippen LogP contribution >= 0.6 is 0 Å². The molecule has 1 aliphatic rings. The summed E-state index contributed by atoms with van der Waals surface area (Å²) >= 11 is 0. The van der Waals surface area contributed by atoms with Gasteiger partial charge in [0.1, 0.15) is 0 Å². The van der Waals surface area contributed by atoms with Crippen molar-refractivity contribution in [3.63, 3.8) is 0 Å². The molecule has 0 unspecified atom stereocenters. The van der Waals surface area contributed by atoms with E-state index in [0.717, 1.165) is 6.42 Å². The molecular weight excluding hydrogens is 213 g/mol. The molecular formula is C8H14NNaO3S. The molecule has 4 nitrogen and oxygen atoms in total. The Kier molecular flexibility index (Phi) is 6.72. The Bertz CT molecular complexity index is 299. The van der Waals surface area contributed by atoms with Crippen molar-refractivity contribution in [1.82, 2.24) is 4.90 Å². The van der Waals surface area contributed by atoms with Gasteiger partial charge in [-0.2, -0.15) is 8.42 Å². The van der Waals surface area contributed by atoms with E-state index < -0.39 is 10.1 Å². The summed E-state index contributed by atoms with van der Waals surface area (Å²) in [4.78, 5) is 1.90. The van der Waals surface area contributed by atoms with E-state index in [0.29, 0.717) is 13.0 Å². The second-order valence-corrected chi connectivity index (χ2v) is 4.45. The summed E-state index contributed by atoms with van der Waals surface area (Å²) in [5.74, 6) is -0.175. The van der Waals surface area contributed by atoms with Crippen LogP contribution in [0.25, 0.3) is 0 Å². The van der Waals surface area contributed by atoms with Crippen LogP contribution in [-0.4, -0.2) is 59.7 Å². The molecule has 0 aromatic carbocycles. The second kappa shape index (κ2) is 6.63. The molecule has 1 heterocycles. The standard InChI is InChI=1S/C8H13NO3S.Na.H/c10-13(11,12)8-4-7-9-5-2-1-3-6-9;;/h2-3,5-6H,1,4,7-8H2,(H,10,11,12);;. The zero-order chi connectivity index (χ0) is 9.73. The Morgan fingerprint density at radius 3 is 2.36 bits per heavy atom. The van der Waals surface area contributed by atoms with Gasteiger partial charge in [-0.1, -0.05) is 12.2 Å². The van der Waals surface area contributed by atoms with E-state index >= 15 is 0 Å². The van der Waals surface area contributed by atoms with Crippen LogP contribution in [0.5, 0.6) is 0 Å². The first-order valence-corrected chi connectivity index (χ1v) is 5.73. The molecule has 0 radical (unpaired) electrons. The van der Waals surface area contributed by atoms with E-state index in [4.69, 9.17) is 4.55 Å². The molecule has 0 aliphatic carbocycles. The van der Waals surface area contributed by atoms with Gasteiger partial charge in [-0.3, -0.25) is 4.55 Å². The van der Waals surface area contributed by atoms with Crippen LogP contribution in [0.4, 0.5) is 0 Å². The van der Waals surface area contributed by atoms with Crippen LogP contribution in [-0.2, 0) is 10.1 Å². The van der Waals surface area contributed by atoms with Crippen LogP contribution in [0.15, 0.2) is 24.6 Å². The fourth-order valence-electron chi connectivity index (χ4n) is 1.10. The van der Waals surface area contributed by atoms with E-state index in [1.54, 1.807) is 0 Å². The van der Waals surface area contributed by atoms with Crippen LogP contribution in [0.2, 0.25) is 0 Å². The molecule has 0 fully saturated rings. The maximum absolute atomic E-state index is 10.4. The molecule has 0 saturated carbocycles. The Morgan fingerprint density at radius 2 is 1.86 bits per heavy atom. The molecule has 0 aromatic heterocycles. The minimum atomic E-state index is -3.80. The molecule has 0 amide bonds. The van der Waals surface area contributed by atoms with Crippen LogP contribution in [0.1, 0.15) is 12.8 Å². The topological polar surface area (TPSA) is 57.6 Å². The molecule has 1 N–H and O–H groups in total. The predicted octanol–water partition coefficient (Wildman–Crippen LogP) is 0.349. The molecule has 14 heavy (non-hydrogen) atoms. The summed E-state index contributed by atoms with van der Waals surface area (Å²) in [5, 5.41) is 0. The number of hydrogen-bond acceptors (Lipinski definition) is 3. The van der Waals surface area contributed by atoms with Gasteiger partial charge in [0, 0.05) is 6.54 Å². The van der Waals surface area contributed by atoms with Crippen molar-refractivity contribution < 1.29 is 13.0 Å². The van der Waals surface area contributed by atoms with Gasteiger partial charge in [-0.15, -0.1) is 0 Å². The van der Waals surface area contributed by atoms with Crippen molar-refractivity contribution in [2.45, 2.75) is 12.8 Å². The summed E-state index contributed by atoms with van der Waals surface area (Å²) in [7, 11) is -3.80. The molecule has 1 aliphatic heterocycles. The first-order chi connectivity index (χ1) is 6.08. The summed E-state index contributed by atoms with van der Waals surface area (Å²) < 4.78 is 29.2. The summed E-state index contributed by atoms with van der Waals surface area (Å²) in [6.07, 6.45) is 9.16. The van der Waals surface area contributed by atoms with Crippen molar-refractivity contribution in [1.29, 1.82) is 0 Å². The fourth-order valence-corrected chi connectivity index (χ4v) is 1.59. The normalized spacial score (nSPS) is 15.4. The van der Waals surface area contributed by atoms with Crippen LogP contribution < -0.4 is 0 Å². The maximum atomic E-state index is 10.4. The number of allylic oxidation sites excluding steroid dienone is 2. The van der Waals surface area contributed by atoms with E-state index in [9.17, 15) is 8.42 Å². The summed E-state index contributed by atoms with van der Waals surface area (Å²) in [6.45, 7) is 0.618. The average molecular weight is 227 g/mol. The van der Waals surface area contributed by atoms with Gasteiger partial charge < -0.3 is 4.90 Å². The van der Waals surface area contributed by atoms with Crippen LogP contribution in [0, 0.1) is 0 Å². The van der Waals surface area contributed by atoms with Crippen molar-refractivity contribution in [2.24, 2.45) is 0 Å². The molecule has 6 heteroatoms. The van der Waals surface area contributed by atoms with Gasteiger partial charge in [-0.25, -0.2) is 0 Å². The third kappa shape index (κ3) is 6.62. The first kappa shape index (κ1) is 14.2. The van der Waals surface area contributed by atoms with Gasteiger partial charge >= 0.3 is 29.6 Å². The Hall–Kier alpha value is 0.190. The van der Waals surface area contributed by atoms with Crippen molar-refractivity contribution in [3.8, 4) is 0 Å². The quantitative estimate of drug-likeness (QED) is 0.556. The van der Waals surface area contributed by atoms with Crippen molar-refractivity contribution in [2.75, 3.05) is 12.3 Å². The Morgan fingerprint density at radius 1 is 1.29 bits per heavy atom. The van der Waals surface area contributed by atoms with Gasteiger partial charge in [0.15, 0.2) is 0 Å². The molecule has 0 spiro atoms. The van der Waals surface area contributed by atoms with E-state index in [2.05, 4.69) is 0 Å². The average Bonchev–Trinajstić information content (AvgIpc) is 2.04. The zero-order valence-electron chi connectivity index (χ0n) is 7.26. The van der Waals surface area contributed by atoms with E-state index in [1.807, 2.05) is 29.5 Å². The van der Waals surface area contributed by atoms with Gasteiger partial charge in [0.05, 0.1) is 5.75 Å². The third-order valence-corrected chi connectivity index (χ3v) is 2.49. The molecule has 0 bridgehead atoms. The zero-order valence-corrected chi connectivity index (χ0v) is 8.07. The third-order valence-electron chi connectivity index (χ3n) is 1.68. The molecule has 0 saturated heterocycles. The second-order valence-electron chi connectivity index (χ2n) is 2.88. The van der Waals surface area contributed by atoms with Crippen molar-refractivity contribution >= 4 is 39.7 Å².